The summed E-state index contributed by atoms with van der Waals surface area (Å²) in [6.07, 6.45) is 0. The molecule has 0 unspecified atom stereocenters. The molecule has 0 atom stereocenters. The van der Waals surface area contributed by atoms with Gasteiger partial charge in [0.2, 0.25) is 0 Å². The summed E-state index contributed by atoms with van der Waals surface area (Å²) in [5, 5.41) is 0.577. The first kappa shape index (κ1) is 9.27. The summed E-state index contributed by atoms with van der Waals surface area (Å²) >= 11 is 5.94. The van der Waals surface area contributed by atoms with E-state index < -0.39 is 0 Å². The summed E-state index contributed by atoms with van der Waals surface area (Å²) in [5.41, 5.74) is 2.65. The number of hydrogen-bond acceptors (Lipinski definition) is 1. The molecule has 2 heteroatoms. The Labute approximate surface area is 77.4 Å². The van der Waals surface area contributed by atoms with Crippen LogP contribution in [0.2, 0.25) is 5.02 Å². The molecule has 0 saturated carbocycles. The molecule has 0 amide bonds. The molecular weight excluding hydrogens is 172 g/mol. The predicted octanol–water partition coefficient (Wildman–Crippen LogP) is 3.16. The second-order valence-electron chi connectivity index (χ2n) is 3.00. The van der Waals surface area contributed by atoms with Gasteiger partial charge in [-0.25, -0.2) is 0 Å². The molecule has 0 N–H and O–H groups in total. The third-order valence-corrected chi connectivity index (χ3v) is 2.28. The fourth-order valence-corrected chi connectivity index (χ4v) is 1.45. The van der Waals surface area contributed by atoms with Gasteiger partial charge in [-0.1, -0.05) is 23.2 Å². The normalized spacial score (nSPS) is 10.0. The first-order valence-corrected chi connectivity index (χ1v) is 4.18. The van der Waals surface area contributed by atoms with Crippen LogP contribution in [-0.4, -0.2) is 5.78 Å². The molecule has 1 nitrogen and oxygen atoms in total. The van der Waals surface area contributed by atoms with Crippen LogP contribution in [0, 0.1) is 13.8 Å². The van der Waals surface area contributed by atoms with Gasteiger partial charge in [0.05, 0.1) is 5.02 Å². The number of ketones is 1. The third kappa shape index (κ3) is 1.67. The molecule has 0 fully saturated rings. The Hall–Kier alpha value is -0.820. The Morgan fingerprint density at radius 1 is 1.33 bits per heavy atom. The van der Waals surface area contributed by atoms with Crippen molar-refractivity contribution in [3.05, 3.63) is 33.8 Å². The number of benzene rings is 1. The van der Waals surface area contributed by atoms with Crippen LogP contribution < -0.4 is 0 Å². The Balaban J connectivity index is 3.37. The smallest absolute Gasteiger partial charge is 0.161 e. The molecule has 0 radical (unpaired) electrons. The van der Waals surface area contributed by atoms with Crippen LogP contribution in [0.25, 0.3) is 0 Å². The van der Waals surface area contributed by atoms with Crippen molar-refractivity contribution in [2.45, 2.75) is 20.8 Å². The van der Waals surface area contributed by atoms with E-state index in [0.717, 1.165) is 11.1 Å². The van der Waals surface area contributed by atoms with Gasteiger partial charge in [0.25, 0.3) is 0 Å². The van der Waals surface area contributed by atoms with Gasteiger partial charge in [0.1, 0.15) is 0 Å². The van der Waals surface area contributed by atoms with E-state index in [1.807, 2.05) is 26.0 Å². The molecule has 0 heterocycles. The van der Waals surface area contributed by atoms with E-state index in [4.69, 9.17) is 11.6 Å². The Morgan fingerprint density at radius 3 is 2.42 bits per heavy atom. The Morgan fingerprint density at radius 2 is 1.92 bits per heavy atom. The number of Topliss-reactive ketones (excluding diaryl/α,β-unsaturated/α-hetero) is 1. The second kappa shape index (κ2) is 3.28. The fraction of sp³-hybridized carbons (Fsp3) is 0.300. The highest BCUT2D eigenvalue weighted by Gasteiger charge is 2.07. The zero-order valence-corrected chi connectivity index (χ0v) is 8.20. The summed E-state index contributed by atoms with van der Waals surface area (Å²) in [4.78, 5) is 11.1. The van der Waals surface area contributed by atoms with E-state index >= 15 is 0 Å². The molecule has 0 aromatic heterocycles. The lowest BCUT2D eigenvalue weighted by atomic mass is 10.0. The van der Waals surface area contributed by atoms with Crippen LogP contribution in [0.5, 0.6) is 0 Å². The van der Waals surface area contributed by atoms with Crippen LogP contribution in [0.3, 0.4) is 0 Å². The minimum Gasteiger partial charge on any atom is -0.294 e. The van der Waals surface area contributed by atoms with Crippen LogP contribution in [0.15, 0.2) is 12.1 Å². The molecule has 1 aromatic rings. The molecule has 0 aliphatic carbocycles. The largest absolute Gasteiger partial charge is 0.294 e. The summed E-state index contributed by atoms with van der Waals surface area (Å²) < 4.78 is 0. The third-order valence-electron chi connectivity index (χ3n) is 1.78. The van der Waals surface area contributed by atoms with Gasteiger partial charge in [0.15, 0.2) is 5.78 Å². The molecule has 0 saturated heterocycles. The van der Waals surface area contributed by atoms with E-state index in [1.165, 1.54) is 6.92 Å². The highest BCUT2D eigenvalue weighted by atomic mass is 35.5. The summed E-state index contributed by atoms with van der Waals surface area (Å²) in [6, 6.07) is 3.78. The van der Waals surface area contributed by atoms with E-state index in [0.29, 0.717) is 10.6 Å². The van der Waals surface area contributed by atoms with E-state index in [9.17, 15) is 4.79 Å². The monoisotopic (exact) mass is 182 g/mol. The molecular formula is C10H11ClO. The molecule has 64 valence electrons. The Kier molecular flexibility index (Phi) is 2.53. The first-order chi connectivity index (χ1) is 5.52. The van der Waals surface area contributed by atoms with Crippen molar-refractivity contribution >= 4 is 17.4 Å². The maximum Gasteiger partial charge on any atom is 0.161 e. The summed E-state index contributed by atoms with van der Waals surface area (Å²) in [5.74, 6) is 0.0202. The van der Waals surface area contributed by atoms with E-state index in [-0.39, 0.29) is 5.78 Å². The van der Waals surface area contributed by atoms with E-state index in [1.54, 1.807) is 0 Å². The zero-order valence-electron chi connectivity index (χ0n) is 7.44. The Bertz CT molecular complexity index is 329. The SMILES string of the molecule is CC(=O)c1cc(C)cc(C)c1Cl. The van der Waals surface area contributed by atoms with E-state index in [2.05, 4.69) is 0 Å². The number of carbonyl (C=O) groups is 1. The second-order valence-corrected chi connectivity index (χ2v) is 3.38. The van der Waals surface area contributed by atoms with Crippen LogP contribution >= 0.6 is 11.6 Å². The molecule has 0 spiro atoms. The average Bonchev–Trinajstić information content (AvgIpc) is 1.96. The highest BCUT2D eigenvalue weighted by Crippen LogP contribution is 2.22. The molecule has 12 heavy (non-hydrogen) atoms. The van der Waals surface area contributed by atoms with Crippen LogP contribution in [-0.2, 0) is 0 Å². The van der Waals surface area contributed by atoms with Crippen molar-refractivity contribution < 1.29 is 4.79 Å². The minimum absolute atomic E-state index is 0.0202. The first-order valence-electron chi connectivity index (χ1n) is 3.80. The minimum atomic E-state index is 0.0202. The van der Waals surface area contributed by atoms with Crippen molar-refractivity contribution in [3.8, 4) is 0 Å². The molecule has 0 aliphatic heterocycles. The van der Waals surface area contributed by atoms with Crippen molar-refractivity contribution in [2.75, 3.05) is 0 Å². The number of aryl methyl sites for hydroxylation is 2. The van der Waals surface area contributed by atoms with Gasteiger partial charge in [-0.05, 0) is 32.4 Å². The maximum atomic E-state index is 11.1. The van der Waals surface area contributed by atoms with Crippen molar-refractivity contribution in [1.29, 1.82) is 0 Å². The molecule has 1 aromatic carbocycles. The predicted molar refractivity (Wildman–Crippen MR) is 50.9 cm³/mol. The summed E-state index contributed by atoms with van der Waals surface area (Å²) in [7, 11) is 0. The van der Waals surface area contributed by atoms with Crippen molar-refractivity contribution in [3.63, 3.8) is 0 Å². The van der Waals surface area contributed by atoms with Crippen LogP contribution in [0.1, 0.15) is 28.4 Å². The number of hydrogen-bond donors (Lipinski definition) is 0. The quantitative estimate of drug-likeness (QED) is 0.610. The lowest BCUT2D eigenvalue weighted by Crippen LogP contribution is -1.95. The van der Waals surface area contributed by atoms with Gasteiger partial charge < -0.3 is 0 Å². The lowest BCUT2D eigenvalue weighted by Gasteiger charge is -2.04. The maximum absolute atomic E-state index is 11.1. The number of carbonyl (C=O) groups excluding carboxylic acids is 1. The highest BCUT2D eigenvalue weighted by molar-refractivity contribution is 6.34. The van der Waals surface area contributed by atoms with Crippen LogP contribution in [0.4, 0.5) is 0 Å². The standard InChI is InChI=1S/C10H11ClO/c1-6-4-7(2)10(11)9(5-6)8(3)12/h4-5H,1-3H3. The molecule has 0 bridgehead atoms. The topological polar surface area (TPSA) is 17.1 Å². The number of rotatable bonds is 1. The fourth-order valence-electron chi connectivity index (χ4n) is 1.21. The van der Waals surface area contributed by atoms with Gasteiger partial charge in [-0.15, -0.1) is 0 Å². The van der Waals surface area contributed by atoms with Crippen molar-refractivity contribution in [2.24, 2.45) is 0 Å². The van der Waals surface area contributed by atoms with Crippen molar-refractivity contribution in [1.82, 2.24) is 0 Å². The summed E-state index contributed by atoms with van der Waals surface area (Å²) in [6.45, 7) is 5.39. The zero-order chi connectivity index (χ0) is 9.30. The lowest BCUT2D eigenvalue weighted by molar-refractivity contribution is 0.101. The molecule has 0 aliphatic rings. The molecule has 1 rings (SSSR count). The van der Waals surface area contributed by atoms with Gasteiger partial charge in [0, 0.05) is 5.56 Å². The van der Waals surface area contributed by atoms with Gasteiger partial charge in [-0.2, -0.15) is 0 Å². The average molecular weight is 183 g/mol. The van der Waals surface area contributed by atoms with Gasteiger partial charge in [-0.3, -0.25) is 4.79 Å². The number of halogens is 1. The van der Waals surface area contributed by atoms with Gasteiger partial charge >= 0.3 is 0 Å².